The van der Waals surface area contributed by atoms with Crippen LogP contribution in [-0.2, 0) is 22.1 Å². The van der Waals surface area contributed by atoms with Crippen LogP contribution in [0.3, 0.4) is 0 Å². The Bertz CT molecular complexity index is 714. The zero-order chi connectivity index (χ0) is 16.3. The van der Waals surface area contributed by atoms with Gasteiger partial charge in [-0.05, 0) is 31.2 Å². The van der Waals surface area contributed by atoms with Crippen LogP contribution in [0.4, 0.5) is 13.2 Å². The van der Waals surface area contributed by atoms with Crippen LogP contribution >= 0.6 is 0 Å². The SMILES string of the molecule is CCOC(=O)Cc1c[nH]n(-c2ccc(C(F)(F)F)cc2)c1=O. The Kier molecular flexibility index (Phi) is 4.39. The molecule has 1 aromatic heterocycles. The van der Waals surface area contributed by atoms with Crippen LogP contribution in [0.1, 0.15) is 18.1 Å². The number of ether oxygens (including phenoxy) is 1. The molecule has 22 heavy (non-hydrogen) atoms. The summed E-state index contributed by atoms with van der Waals surface area (Å²) in [5, 5.41) is 2.61. The molecule has 0 amide bonds. The van der Waals surface area contributed by atoms with Crippen molar-refractivity contribution in [3.05, 3.63) is 51.9 Å². The molecule has 1 N–H and O–H groups in total. The smallest absolute Gasteiger partial charge is 0.416 e. The Balaban J connectivity index is 2.25. The first-order valence-electron chi connectivity index (χ1n) is 6.45. The Morgan fingerprint density at radius 1 is 1.27 bits per heavy atom. The summed E-state index contributed by atoms with van der Waals surface area (Å²) in [7, 11) is 0. The highest BCUT2D eigenvalue weighted by Gasteiger charge is 2.30. The first kappa shape index (κ1) is 15.9. The number of halogens is 3. The minimum absolute atomic E-state index is 0.179. The van der Waals surface area contributed by atoms with Gasteiger partial charge < -0.3 is 4.74 Å². The third-order valence-corrected chi connectivity index (χ3v) is 2.94. The second kappa shape index (κ2) is 6.08. The van der Waals surface area contributed by atoms with Gasteiger partial charge in [-0.2, -0.15) is 13.2 Å². The summed E-state index contributed by atoms with van der Waals surface area (Å²) in [6.45, 7) is 1.85. The molecule has 2 aromatic rings. The molecule has 0 spiro atoms. The van der Waals surface area contributed by atoms with E-state index < -0.39 is 23.3 Å². The lowest BCUT2D eigenvalue weighted by molar-refractivity contribution is -0.142. The highest BCUT2D eigenvalue weighted by Crippen LogP contribution is 2.29. The number of hydrogen-bond acceptors (Lipinski definition) is 3. The lowest BCUT2D eigenvalue weighted by Crippen LogP contribution is -2.20. The Labute approximate surface area is 123 Å². The molecule has 118 valence electrons. The standard InChI is InChI=1S/C14H13F3N2O3/c1-2-22-12(20)7-9-8-18-19(13(9)21)11-5-3-10(4-6-11)14(15,16)17/h3-6,8,18H,2,7H2,1H3. The lowest BCUT2D eigenvalue weighted by Gasteiger charge is -2.07. The van der Waals surface area contributed by atoms with Crippen molar-refractivity contribution in [1.82, 2.24) is 9.78 Å². The van der Waals surface area contributed by atoms with Crippen molar-refractivity contribution in [1.29, 1.82) is 0 Å². The maximum absolute atomic E-state index is 12.5. The summed E-state index contributed by atoms with van der Waals surface area (Å²) < 4.78 is 43.3. The fourth-order valence-corrected chi connectivity index (χ4v) is 1.89. The van der Waals surface area contributed by atoms with Crippen molar-refractivity contribution in [3.63, 3.8) is 0 Å². The maximum Gasteiger partial charge on any atom is 0.416 e. The number of rotatable bonds is 4. The van der Waals surface area contributed by atoms with Crippen LogP contribution in [-0.4, -0.2) is 22.4 Å². The molecule has 8 heteroatoms. The number of H-pyrrole nitrogens is 1. The summed E-state index contributed by atoms with van der Waals surface area (Å²) in [5.41, 5.74) is -0.887. The number of benzene rings is 1. The van der Waals surface area contributed by atoms with E-state index in [1.54, 1.807) is 6.92 Å². The molecule has 0 aliphatic carbocycles. The van der Waals surface area contributed by atoms with E-state index in [1.165, 1.54) is 18.3 Å². The Morgan fingerprint density at radius 2 is 1.91 bits per heavy atom. The summed E-state index contributed by atoms with van der Waals surface area (Å²) in [4.78, 5) is 23.4. The molecule has 0 aliphatic heterocycles. The number of nitrogens with one attached hydrogen (secondary N) is 1. The van der Waals surface area contributed by atoms with Crippen molar-refractivity contribution in [2.75, 3.05) is 6.61 Å². The molecular weight excluding hydrogens is 301 g/mol. The number of carbonyl (C=O) groups is 1. The minimum atomic E-state index is -4.44. The largest absolute Gasteiger partial charge is 0.466 e. The van der Waals surface area contributed by atoms with Gasteiger partial charge in [0.05, 0.1) is 24.3 Å². The Morgan fingerprint density at radius 3 is 2.45 bits per heavy atom. The molecule has 2 rings (SSSR count). The molecule has 0 radical (unpaired) electrons. The summed E-state index contributed by atoms with van der Waals surface area (Å²) >= 11 is 0. The summed E-state index contributed by atoms with van der Waals surface area (Å²) in [6.07, 6.45) is -3.30. The quantitative estimate of drug-likeness (QED) is 0.881. The Hall–Kier alpha value is -2.51. The molecule has 0 unspecified atom stereocenters. The molecule has 0 bridgehead atoms. The van der Waals surface area contributed by atoms with Gasteiger partial charge >= 0.3 is 12.1 Å². The van der Waals surface area contributed by atoms with Gasteiger partial charge in [-0.25, -0.2) is 4.68 Å². The zero-order valence-corrected chi connectivity index (χ0v) is 11.6. The second-order valence-corrected chi connectivity index (χ2v) is 4.47. The monoisotopic (exact) mass is 314 g/mol. The molecule has 0 atom stereocenters. The molecule has 0 aliphatic rings. The highest BCUT2D eigenvalue weighted by atomic mass is 19.4. The number of esters is 1. The molecule has 0 saturated carbocycles. The molecular formula is C14H13F3N2O3. The number of aromatic nitrogens is 2. The second-order valence-electron chi connectivity index (χ2n) is 4.47. The molecule has 0 fully saturated rings. The van der Waals surface area contributed by atoms with E-state index in [1.807, 2.05) is 0 Å². The number of alkyl halides is 3. The van der Waals surface area contributed by atoms with Crippen LogP contribution in [0.25, 0.3) is 5.69 Å². The number of carbonyl (C=O) groups excluding carboxylic acids is 1. The van der Waals surface area contributed by atoms with Gasteiger partial charge in [0.1, 0.15) is 0 Å². The number of hydrogen-bond donors (Lipinski definition) is 1. The van der Waals surface area contributed by atoms with Gasteiger partial charge in [0, 0.05) is 11.8 Å². The van der Waals surface area contributed by atoms with Crippen molar-refractivity contribution in [2.24, 2.45) is 0 Å². The van der Waals surface area contributed by atoms with Crippen molar-refractivity contribution < 1.29 is 22.7 Å². The minimum Gasteiger partial charge on any atom is -0.466 e. The number of nitrogens with zero attached hydrogens (tertiary/aromatic N) is 1. The predicted molar refractivity (Wildman–Crippen MR) is 71.7 cm³/mol. The van der Waals surface area contributed by atoms with Gasteiger partial charge in [0.15, 0.2) is 0 Å². The topological polar surface area (TPSA) is 64.1 Å². The van der Waals surface area contributed by atoms with Gasteiger partial charge in [-0.3, -0.25) is 14.7 Å². The maximum atomic E-state index is 12.5. The van der Waals surface area contributed by atoms with Gasteiger partial charge in [0.25, 0.3) is 5.56 Å². The first-order chi connectivity index (χ1) is 10.3. The van der Waals surface area contributed by atoms with E-state index in [0.29, 0.717) is 0 Å². The van der Waals surface area contributed by atoms with Crippen molar-refractivity contribution >= 4 is 5.97 Å². The summed E-state index contributed by atoms with van der Waals surface area (Å²) in [6, 6.07) is 4.12. The zero-order valence-electron chi connectivity index (χ0n) is 11.6. The van der Waals surface area contributed by atoms with E-state index in [-0.39, 0.29) is 24.3 Å². The van der Waals surface area contributed by atoms with Gasteiger partial charge in [0.2, 0.25) is 0 Å². The average Bonchev–Trinajstić information content (AvgIpc) is 2.80. The average molecular weight is 314 g/mol. The predicted octanol–water partition coefficient (Wildman–Crippen LogP) is 2.29. The normalized spacial score (nSPS) is 11.5. The van der Waals surface area contributed by atoms with E-state index >= 15 is 0 Å². The molecule has 1 heterocycles. The van der Waals surface area contributed by atoms with Gasteiger partial charge in [-0.1, -0.05) is 0 Å². The van der Waals surface area contributed by atoms with Crippen LogP contribution in [0, 0.1) is 0 Å². The van der Waals surface area contributed by atoms with E-state index in [4.69, 9.17) is 4.74 Å². The fraction of sp³-hybridized carbons (Fsp3) is 0.286. The van der Waals surface area contributed by atoms with Crippen LogP contribution in [0.5, 0.6) is 0 Å². The lowest BCUT2D eigenvalue weighted by atomic mass is 10.2. The van der Waals surface area contributed by atoms with Crippen molar-refractivity contribution in [2.45, 2.75) is 19.5 Å². The summed E-state index contributed by atoms with van der Waals surface area (Å²) in [5.74, 6) is -0.543. The van der Waals surface area contributed by atoms with E-state index in [2.05, 4.69) is 5.10 Å². The van der Waals surface area contributed by atoms with E-state index in [0.717, 1.165) is 16.8 Å². The molecule has 0 saturated heterocycles. The fourth-order valence-electron chi connectivity index (χ4n) is 1.89. The third kappa shape index (κ3) is 3.38. The van der Waals surface area contributed by atoms with Crippen LogP contribution in [0.2, 0.25) is 0 Å². The van der Waals surface area contributed by atoms with Crippen LogP contribution in [0.15, 0.2) is 35.3 Å². The van der Waals surface area contributed by atoms with Crippen molar-refractivity contribution in [3.8, 4) is 5.69 Å². The molecule has 1 aromatic carbocycles. The van der Waals surface area contributed by atoms with E-state index in [9.17, 15) is 22.8 Å². The van der Waals surface area contributed by atoms with Crippen LogP contribution < -0.4 is 5.56 Å². The van der Waals surface area contributed by atoms with Gasteiger partial charge in [-0.15, -0.1) is 0 Å². The highest BCUT2D eigenvalue weighted by molar-refractivity contribution is 5.72. The number of aromatic amines is 1. The first-order valence-corrected chi connectivity index (χ1v) is 6.45. The third-order valence-electron chi connectivity index (χ3n) is 2.94. The molecule has 5 nitrogen and oxygen atoms in total.